The van der Waals surface area contributed by atoms with Crippen LogP contribution in [0.2, 0.25) is 0 Å². The summed E-state index contributed by atoms with van der Waals surface area (Å²) in [4.78, 5) is 13.5. The minimum atomic E-state index is 0.0325. The van der Waals surface area contributed by atoms with Gasteiger partial charge in [0.2, 0.25) is 0 Å². The van der Waals surface area contributed by atoms with E-state index in [1.807, 2.05) is 11.0 Å². The Morgan fingerprint density at radius 2 is 2.31 bits per heavy atom. The summed E-state index contributed by atoms with van der Waals surface area (Å²) in [5, 5.41) is 9.93. The van der Waals surface area contributed by atoms with Crippen LogP contribution in [0.3, 0.4) is 0 Å². The first-order chi connectivity index (χ1) is 7.79. The molecule has 2 heterocycles. The summed E-state index contributed by atoms with van der Waals surface area (Å²) in [6.45, 7) is 4.36. The lowest BCUT2D eigenvalue weighted by molar-refractivity contribution is 0.208. The van der Waals surface area contributed by atoms with Crippen LogP contribution in [0.25, 0.3) is 0 Å². The first-order valence-electron chi connectivity index (χ1n) is 5.85. The zero-order valence-corrected chi connectivity index (χ0v) is 9.62. The summed E-state index contributed by atoms with van der Waals surface area (Å²) in [5.74, 6) is 0. The second kappa shape index (κ2) is 5.01. The Labute approximate surface area is 95.2 Å². The summed E-state index contributed by atoms with van der Waals surface area (Å²) < 4.78 is 0. The maximum atomic E-state index is 11.7. The first kappa shape index (κ1) is 11.0. The van der Waals surface area contributed by atoms with Crippen LogP contribution in [0.5, 0.6) is 0 Å². The Morgan fingerprint density at radius 3 is 2.94 bits per heavy atom. The molecule has 0 aromatic carbocycles. The third-order valence-corrected chi connectivity index (χ3v) is 2.87. The summed E-state index contributed by atoms with van der Waals surface area (Å²) >= 11 is 0. The van der Waals surface area contributed by atoms with Crippen molar-refractivity contribution in [3.05, 3.63) is 17.5 Å². The molecule has 0 atom stereocenters. The van der Waals surface area contributed by atoms with E-state index >= 15 is 0 Å². The third-order valence-electron chi connectivity index (χ3n) is 2.87. The van der Waals surface area contributed by atoms with E-state index in [2.05, 4.69) is 22.4 Å². The average Bonchev–Trinajstić information content (AvgIpc) is 2.96. The van der Waals surface area contributed by atoms with Crippen molar-refractivity contribution in [1.29, 1.82) is 0 Å². The van der Waals surface area contributed by atoms with E-state index in [9.17, 15) is 4.79 Å². The molecular weight excluding hydrogens is 204 g/mol. The van der Waals surface area contributed by atoms with Gasteiger partial charge in [-0.1, -0.05) is 6.92 Å². The van der Waals surface area contributed by atoms with Crippen molar-refractivity contribution < 1.29 is 4.79 Å². The van der Waals surface area contributed by atoms with Gasteiger partial charge in [0.05, 0.1) is 17.9 Å². The van der Waals surface area contributed by atoms with Crippen LogP contribution in [0.15, 0.2) is 6.07 Å². The molecular formula is C11H18N4O. The van der Waals surface area contributed by atoms with Gasteiger partial charge >= 0.3 is 6.03 Å². The molecule has 1 aromatic heterocycles. The topological polar surface area (TPSA) is 61.0 Å². The Morgan fingerprint density at radius 1 is 1.56 bits per heavy atom. The normalized spacial score (nSPS) is 15.4. The fourth-order valence-corrected chi connectivity index (χ4v) is 1.88. The Hall–Kier alpha value is -1.52. The second-order valence-electron chi connectivity index (χ2n) is 4.09. The van der Waals surface area contributed by atoms with Crippen molar-refractivity contribution in [2.75, 3.05) is 13.1 Å². The predicted molar refractivity (Wildman–Crippen MR) is 61.0 cm³/mol. The average molecular weight is 222 g/mol. The zero-order valence-electron chi connectivity index (χ0n) is 9.62. The van der Waals surface area contributed by atoms with Crippen LogP contribution in [0, 0.1) is 0 Å². The van der Waals surface area contributed by atoms with Gasteiger partial charge in [0.25, 0.3) is 0 Å². The Bertz CT molecular complexity index is 355. The molecule has 0 saturated carbocycles. The molecule has 0 bridgehead atoms. The van der Waals surface area contributed by atoms with Crippen molar-refractivity contribution in [3.63, 3.8) is 0 Å². The summed E-state index contributed by atoms with van der Waals surface area (Å²) in [5.41, 5.74) is 2.00. The number of rotatable bonds is 3. The minimum Gasteiger partial charge on any atom is -0.332 e. The number of likely N-dealkylation sites (tertiary alicyclic amines) is 1. The number of aromatic nitrogens is 2. The molecule has 2 amide bonds. The fourth-order valence-electron chi connectivity index (χ4n) is 1.88. The fraction of sp³-hybridized carbons (Fsp3) is 0.636. The number of H-pyrrole nitrogens is 1. The van der Waals surface area contributed by atoms with Crippen LogP contribution in [-0.2, 0) is 13.0 Å². The van der Waals surface area contributed by atoms with Gasteiger partial charge < -0.3 is 10.2 Å². The van der Waals surface area contributed by atoms with Crippen LogP contribution in [0.4, 0.5) is 4.79 Å². The smallest absolute Gasteiger partial charge is 0.317 e. The number of nitrogens with one attached hydrogen (secondary N) is 2. The molecule has 88 valence electrons. The molecule has 5 heteroatoms. The molecule has 1 aliphatic heterocycles. The molecule has 1 aromatic rings. The van der Waals surface area contributed by atoms with Gasteiger partial charge in [0, 0.05) is 13.1 Å². The highest BCUT2D eigenvalue weighted by molar-refractivity contribution is 5.74. The van der Waals surface area contributed by atoms with Crippen molar-refractivity contribution in [3.8, 4) is 0 Å². The van der Waals surface area contributed by atoms with Crippen molar-refractivity contribution >= 4 is 6.03 Å². The number of carbonyl (C=O) groups excluding carboxylic acids is 1. The number of aryl methyl sites for hydroxylation is 1. The number of carbonyl (C=O) groups is 1. The van der Waals surface area contributed by atoms with Gasteiger partial charge in [-0.3, -0.25) is 5.10 Å². The highest BCUT2D eigenvalue weighted by Gasteiger charge is 2.17. The van der Waals surface area contributed by atoms with Crippen molar-refractivity contribution in [1.82, 2.24) is 20.4 Å². The van der Waals surface area contributed by atoms with Gasteiger partial charge in [-0.05, 0) is 25.3 Å². The van der Waals surface area contributed by atoms with E-state index in [-0.39, 0.29) is 6.03 Å². The molecule has 1 aliphatic rings. The first-order valence-corrected chi connectivity index (χ1v) is 5.85. The van der Waals surface area contributed by atoms with Gasteiger partial charge in [0.15, 0.2) is 0 Å². The minimum absolute atomic E-state index is 0.0325. The highest BCUT2D eigenvalue weighted by atomic mass is 16.2. The monoisotopic (exact) mass is 222 g/mol. The predicted octanol–water partition coefficient (Wildman–Crippen LogP) is 1.28. The highest BCUT2D eigenvalue weighted by Crippen LogP contribution is 2.07. The maximum absolute atomic E-state index is 11.7. The van der Waals surface area contributed by atoms with E-state index in [4.69, 9.17) is 0 Å². The van der Waals surface area contributed by atoms with Gasteiger partial charge in [-0.25, -0.2) is 4.79 Å². The number of hydrogen-bond donors (Lipinski definition) is 2. The molecule has 1 fully saturated rings. The second-order valence-corrected chi connectivity index (χ2v) is 4.09. The van der Waals surface area contributed by atoms with E-state index < -0.39 is 0 Å². The molecule has 16 heavy (non-hydrogen) atoms. The Kier molecular flexibility index (Phi) is 3.44. The van der Waals surface area contributed by atoms with E-state index in [0.717, 1.165) is 43.7 Å². The molecule has 0 radical (unpaired) electrons. The standard InChI is InChI=1S/C11H18N4O/c1-2-9-7-10(14-13-9)8-12-11(16)15-5-3-4-6-15/h7H,2-6,8H2,1H3,(H,12,16)(H,13,14). The van der Waals surface area contributed by atoms with Crippen molar-refractivity contribution in [2.24, 2.45) is 0 Å². The van der Waals surface area contributed by atoms with E-state index in [0.29, 0.717) is 6.54 Å². The molecule has 2 N–H and O–H groups in total. The van der Waals surface area contributed by atoms with Gasteiger partial charge in [-0.15, -0.1) is 0 Å². The number of aromatic amines is 1. The molecule has 2 rings (SSSR count). The van der Waals surface area contributed by atoms with E-state index in [1.54, 1.807) is 0 Å². The lowest BCUT2D eigenvalue weighted by Gasteiger charge is -2.15. The molecule has 0 spiro atoms. The van der Waals surface area contributed by atoms with Crippen LogP contribution >= 0.6 is 0 Å². The van der Waals surface area contributed by atoms with Crippen LogP contribution < -0.4 is 5.32 Å². The Balaban J connectivity index is 1.80. The van der Waals surface area contributed by atoms with Crippen LogP contribution in [0.1, 0.15) is 31.2 Å². The van der Waals surface area contributed by atoms with Crippen LogP contribution in [-0.4, -0.2) is 34.2 Å². The largest absolute Gasteiger partial charge is 0.332 e. The number of amides is 2. The van der Waals surface area contributed by atoms with E-state index in [1.165, 1.54) is 0 Å². The van der Waals surface area contributed by atoms with Gasteiger partial charge in [0.1, 0.15) is 0 Å². The molecule has 1 saturated heterocycles. The lowest BCUT2D eigenvalue weighted by Crippen LogP contribution is -2.37. The number of hydrogen-bond acceptors (Lipinski definition) is 2. The zero-order chi connectivity index (χ0) is 11.4. The number of urea groups is 1. The SMILES string of the molecule is CCc1cc(CNC(=O)N2CCCC2)[nH]n1. The quantitative estimate of drug-likeness (QED) is 0.809. The summed E-state index contributed by atoms with van der Waals surface area (Å²) in [6.07, 6.45) is 3.16. The summed E-state index contributed by atoms with van der Waals surface area (Å²) in [7, 11) is 0. The molecule has 0 unspecified atom stereocenters. The van der Waals surface area contributed by atoms with Crippen molar-refractivity contribution in [2.45, 2.75) is 32.7 Å². The van der Waals surface area contributed by atoms with Gasteiger partial charge in [-0.2, -0.15) is 5.10 Å². The summed E-state index contributed by atoms with van der Waals surface area (Å²) in [6, 6.07) is 2.02. The number of nitrogens with zero attached hydrogens (tertiary/aromatic N) is 2. The molecule has 5 nitrogen and oxygen atoms in total. The lowest BCUT2D eigenvalue weighted by atomic mass is 10.3. The molecule has 0 aliphatic carbocycles. The third kappa shape index (κ3) is 2.53. The maximum Gasteiger partial charge on any atom is 0.317 e.